The largest absolute Gasteiger partial charge is 0.416 e. The summed E-state index contributed by atoms with van der Waals surface area (Å²) in [6, 6.07) is 16.4. The Kier molecular flexibility index (Phi) is 6.24. The molecule has 0 aliphatic rings. The van der Waals surface area contributed by atoms with E-state index in [1.807, 2.05) is 24.3 Å². The second kappa shape index (κ2) is 9.07. The molecule has 31 heavy (non-hydrogen) atoms. The molecule has 1 amide bonds. The molecule has 160 valence electrons. The third kappa shape index (κ3) is 5.05. The number of rotatable bonds is 7. The van der Waals surface area contributed by atoms with Gasteiger partial charge in [-0.2, -0.15) is 17.5 Å². The van der Waals surface area contributed by atoms with Crippen molar-refractivity contribution in [1.29, 1.82) is 0 Å². The quantitative estimate of drug-likeness (QED) is 0.319. The summed E-state index contributed by atoms with van der Waals surface area (Å²) in [7, 11) is 0. The predicted molar refractivity (Wildman–Crippen MR) is 120 cm³/mol. The zero-order chi connectivity index (χ0) is 21.8. The summed E-state index contributed by atoms with van der Waals surface area (Å²) < 4.78 is 44.3. The molecular weight excluding hydrogens is 443 g/mol. The molecule has 2 heterocycles. The molecule has 0 aliphatic heterocycles. The number of fused-ring (bicyclic) bond motifs is 1. The van der Waals surface area contributed by atoms with E-state index < -0.39 is 11.7 Å². The van der Waals surface area contributed by atoms with Crippen molar-refractivity contribution in [1.82, 2.24) is 9.69 Å². The summed E-state index contributed by atoms with van der Waals surface area (Å²) >= 11 is 2.61. The van der Waals surface area contributed by atoms with Gasteiger partial charge in [-0.25, -0.2) is 0 Å². The highest BCUT2D eigenvalue weighted by atomic mass is 32.1. The summed E-state index contributed by atoms with van der Waals surface area (Å²) in [6.07, 6.45) is -3.68. The van der Waals surface area contributed by atoms with Crippen molar-refractivity contribution in [3.63, 3.8) is 0 Å². The summed E-state index contributed by atoms with van der Waals surface area (Å²) in [6.45, 7) is 1.14. The minimum absolute atomic E-state index is 0.234. The second-order valence-corrected chi connectivity index (χ2v) is 8.69. The molecule has 2 N–H and O–H groups in total. The van der Waals surface area contributed by atoms with Crippen molar-refractivity contribution < 1.29 is 18.0 Å². The number of benzene rings is 2. The van der Waals surface area contributed by atoms with E-state index in [1.54, 1.807) is 18.2 Å². The summed E-state index contributed by atoms with van der Waals surface area (Å²) in [5.74, 6) is 0.609. The molecule has 0 aliphatic carbocycles. The fourth-order valence-electron chi connectivity index (χ4n) is 3.06. The monoisotopic (exact) mass is 461 g/mol. The normalized spacial score (nSPS) is 11.6. The molecule has 9 heteroatoms. The molecule has 0 bridgehead atoms. The van der Waals surface area contributed by atoms with Crippen LogP contribution in [0.2, 0.25) is 0 Å². The number of hydrogen-bond donors (Lipinski definition) is 2. The van der Waals surface area contributed by atoms with Crippen molar-refractivity contribution in [2.24, 2.45) is 0 Å². The SMILES string of the molecule is O=C(NCCCNc1nsc2ccccc12)c1ccc(-c2cccc(C(F)(F)F)c2)s1. The standard InChI is InChI=1S/C22H18F3N3OS2/c23-22(24,25)15-6-3-5-14(13-15)17-9-10-19(30-17)21(29)27-12-4-11-26-20-16-7-1-2-8-18(16)31-28-20/h1-3,5-10,13H,4,11-12H2,(H,26,28)(H,27,29). The van der Waals surface area contributed by atoms with Crippen molar-refractivity contribution >= 4 is 44.7 Å². The van der Waals surface area contributed by atoms with Crippen LogP contribution in [0.1, 0.15) is 21.7 Å². The fraction of sp³-hybridized carbons (Fsp3) is 0.182. The zero-order valence-electron chi connectivity index (χ0n) is 16.2. The Hall–Kier alpha value is -2.91. The van der Waals surface area contributed by atoms with Crippen LogP contribution in [0.4, 0.5) is 19.0 Å². The van der Waals surface area contributed by atoms with E-state index >= 15 is 0 Å². The first-order chi connectivity index (χ1) is 14.9. The number of anilines is 1. The molecule has 4 aromatic rings. The Balaban J connectivity index is 1.28. The molecule has 4 rings (SSSR count). The second-order valence-electron chi connectivity index (χ2n) is 6.81. The topological polar surface area (TPSA) is 54.0 Å². The third-order valence-corrected chi connectivity index (χ3v) is 6.57. The van der Waals surface area contributed by atoms with Gasteiger partial charge in [0.2, 0.25) is 0 Å². The zero-order valence-corrected chi connectivity index (χ0v) is 17.8. The highest BCUT2D eigenvalue weighted by Crippen LogP contribution is 2.34. The lowest BCUT2D eigenvalue weighted by atomic mass is 10.1. The van der Waals surface area contributed by atoms with Crippen LogP contribution in [-0.4, -0.2) is 23.4 Å². The van der Waals surface area contributed by atoms with E-state index in [4.69, 9.17) is 0 Å². The van der Waals surface area contributed by atoms with Crippen LogP contribution in [0.25, 0.3) is 20.5 Å². The highest BCUT2D eigenvalue weighted by molar-refractivity contribution is 7.17. The summed E-state index contributed by atoms with van der Waals surface area (Å²) in [5.41, 5.74) is -0.261. The first-order valence-electron chi connectivity index (χ1n) is 9.56. The maximum Gasteiger partial charge on any atom is 0.416 e. The number of nitrogens with zero attached hydrogens (tertiary/aromatic N) is 1. The third-order valence-electron chi connectivity index (χ3n) is 4.61. The van der Waals surface area contributed by atoms with Gasteiger partial charge in [0.05, 0.1) is 15.1 Å². The van der Waals surface area contributed by atoms with E-state index in [0.717, 1.165) is 28.0 Å². The van der Waals surface area contributed by atoms with Gasteiger partial charge in [-0.1, -0.05) is 24.3 Å². The molecule has 4 nitrogen and oxygen atoms in total. The number of hydrogen-bond acceptors (Lipinski definition) is 5. The van der Waals surface area contributed by atoms with Gasteiger partial charge in [-0.3, -0.25) is 4.79 Å². The smallest absolute Gasteiger partial charge is 0.369 e. The lowest BCUT2D eigenvalue weighted by molar-refractivity contribution is -0.137. The molecule has 2 aromatic heterocycles. The minimum Gasteiger partial charge on any atom is -0.369 e. The number of halogens is 3. The Morgan fingerprint density at radius 3 is 2.68 bits per heavy atom. The van der Waals surface area contributed by atoms with Crippen LogP contribution in [0, 0.1) is 0 Å². The average molecular weight is 462 g/mol. The van der Waals surface area contributed by atoms with Crippen LogP contribution in [0.3, 0.4) is 0 Å². The van der Waals surface area contributed by atoms with Crippen molar-refractivity contribution in [3.8, 4) is 10.4 Å². The van der Waals surface area contributed by atoms with Gasteiger partial charge in [0.25, 0.3) is 5.91 Å². The van der Waals surface area contributed by atoms with E-state index in [9.17, 15) is 18.0 Å². The molecule has 0 unspecified atom stereocenters. The molecule has 0 fully saturated rings. The number of nitrogens with one attached hydrogen (secondary N) is 2. The lowest BCUT2D eigenvalue weighted by Crippen LogP contribution is -2.25. The van der Waals surface area contributed by atoms with Gasteiger partial charge in [0.1, 0.15) is 5.82 Å². The number of carbonyl (C=O) groups is 1. The fourth-order valence-corrected chi connectivity index (χ4v) is 4.74. The summed E-state index contributed by atoms with van der Waals surface area (Å²) in [5, 5.41) is 7.21. The number of amides is 1. The van der Waals surface area contributed by atoms with E-state index in [2.05, 4.69) is 15.0 Å². The van der Waals surface area contributed by atoms with Gasteiger partial charge in [0.15, 0.2) is 0 Å². The first-order valence-corrected chi connectivity index (χ1v) is 11.1. The average Bonchev–Trinajstić information content (AvgIpc) is 3.41. The summed E-state index contributed by atoms with van der Waals surface area (Å²) in [4.78, 5) is 13.5. The molecule has 2 aromatic carbocycles. The number of alkyl halides is 3. The first kappa shape index (κ1) is 21.3. The van der Waals surface area contributed by atoms with Crippen LogP contribution < -0.4 is 10.6 Å². The van der Waals surface area contributed by atoms with Gasteiger partial charge >= 0.3 is 6.18 Å². The molecular formula is C22H18F3N3OS2. The molecule has 0 spiro atoms. The van der Waals surface area contributed by atoms with E-state index in [-0.39, 0.29) is 5.91 Å². The molecule has 0 saturated carbocycles. The number of thiophene rings is 1. The van der Waals surface area contributed by atoms with Crippen LogP contribution in [0.5, 0.6) is 0 Å². The van der Waals surface area contributed by atoms with Gasteiger partial charge < -0.3 is 10.6 Å². The molecule has 0 radical (unpaired) electrons. The number of carbonyl (C=O) groups excluding carboxylic acids is 1. The molecule has 0 atom stereocenters. The van der Waals surface area contributed by atoms with Gasteiger partial charge in [-0.05, 0) is 59.9 Å². The number of aromatic nitrogens is 1. The van der Waals surface area contributed by atoms with Crippen molar-refractivity contribution in [2.75, 3.05) is 18.4 Å². The van der Waals surface area contributed by atoms with Crippen LogP contribution in [0.15, 0.2) is 60.7 Å². The highest BCUT2D eigenvalue weighted by Gasteiger charge is 2.30. The van der Waals surface area contributed by atoms with Crippen LogP contribution in [-0.2, 0) is 6.18 Å². The van der Waals surface area contributed by atoms with Crippen molar-refractivity contribution in [3.05, 3.63) is 71.1 Å². The minimum atomic E-state index is -4.40. The lowest BCUT2D eigenvalue weighted by Gasteiger charge is -2.07. The predicted octanol–water partition coefficient (Wildman–Crippen LogP) is 6.28. The maximum atomic E-state index is 12.9. The van der Waals surface area contributed by atoms with Crippen molar-refractivity contribution in [2.45, 2.75) is 12.6 Å². The van der Waals surface area contributed by atoms with E-state index in [0.29, 0.717) is 34.8 Å². The Labute approximate surface area is 184 Å². The maximum absolute atomic E-state index is 12.9. The van der Waals surface area contributed by atoms with Gasteiger partial charge in [-0.15, -0.1) is 11.3 Å². The van der Waals surface area contributed by atoms with Crippen LogP contribution >= 0.6 is 22.9 Å². The Morgan fingerprint density at radius 2 is 1.84 bits per heavy atom. The molecule has 0 saturated heterocycles. The van der Waals surface area contributed by atoms with Gasteiger partial charge in [0, 0.05) is 23.4 Å². The Bertz CT molecular complexity index is 1200. The Morgan fingerprint density at radius 1 is 1.00 bits per heavy atom. The van der Waals surface area contributed by atoms with E-state index in [1.165, 1.54) is 28.9 Å².